The fourth-order valence-corrected chi connectivity index (χ4v) is 4.31. The molecule has 0 bridgehead atoms. The molecule has 1 heteroatoms. The third kappa shape index (κ3) is 5.04. The molecule has 0 spiro atoms. The van der Waals surface area contributed by atoms with E-state index in [0.717, 1.165) is 0 Å². The zero-order valence-corrected chi connectivity index (χ0v) is 8.74. The van der Waals surface area contributed by atoms with Crippen LogP contribution in [0.5, 0.6) is 0 Å². The average Bonchev–Trinajstić information content (AvgIpc) is 1.90. The van der Waals surface area contributed by atoms with E-state index in [0.29, 0.717) is 0 Å². The maximum Gasteiger partial charge on any atom is 0.0478 e. The summed E-state index contributed by atoms with van der Waals surface area (Å²) < 4.78 is 0. The summed E-state index contributed by atoms with van der Waals surface area (Å²) in [6.45, 7) is 6.95. The molecule has 0 aromatic carbocycles. The van der Waals surface area contributed by atoms with Gasteiger partial charge >= 0.3 is 0 Å². The molecule has 0 amide bonds. The largest absolute Gasteiger partial charge is 0.0657 e. The molecule has 61 valence electrons. The summed E-state index contributed by atoms with van der Waals surface area (Å²) in [6.07, 6.45) is 4.23. The van der Waals surface area contributed by atoms with Gasteiger partial charge in [-0.3, -0.25) is 0 Å². The van der Waals surface area contributed by atoms with Crippen molar-refractivity contribution in [2.24, 2.45) is 0 Å². The van der Waals surface area contributed by atoms with Gasteiger partial charge in [-0.15, -0.1) is 0 Å². The quantitative estimate of drug-likeness (QED) is 0.516. The first-order chi connectivity index (χ1) is 4.85. The Morgan fingerprint density at radius 2 is 1.00 bits per heavy atom. The van der Waals surface area contributed by atoms with E-state index in [4.69, 9.17) is 0 Å². The number of hydrogen-bond donors (Lipinski definition) is 0. The third-order valence-corrected chi connectivity index (χ3v) is 5.43. The highest BCUT2D eigenvalue weighted by Crippen LogP contribution is 2.11. The predicted molar refractivity (Wildman–Crippen MR) is 51.0 cm³/mol. The van der Waals surface area contributed by atoms with Gasteiger partial charge in [0.1, 0.15) is 0 Å². The van der Waals surface area contributed by atoms with Crippen molar-refractivity contribution >= 4 is 8.80 Å². The van der Waals surface area contributed by atoms with Gasteiger partial charge < -0.3 is 0 Å². The molecular formula is C9H21Si. The smallest absolute Gasteiger partial charge is 0.0478 e. The molecule has 0 atom stereocenters. The standard InChI is InChI=1S/C9H21Si/c1-4-7-10(8-5-2)9-6-3/h4-9H2,1-3H3. The maximum atomic E-state index is 2.32. The van der Waals surface area contributed by atoms with Crippen molar-refractivity contribution in [3.8, 4) is 0 Å². The minimum Gasteiger partial charge on any atom is -0.0657 e. The Kier molecular flexibility index (Phi) is 7.48. The highest BCUT2D eigenvalue weighted by molar-refractivity contribution is 6.58. The normalized spacial score (nSPS) is 10.8. The van der Waals surface area contributed by atoms with Crippen molar-refractivity contribution in [2.75, 3.05) is 0 Å². The van der Waals surface area contributed by atoms with Crippen molar-refractivity contribution in [3.63, 3.8) is 0 Å². The Bertz CT molecular complexity index is 47.5. The van der Waals surface area contributed by atoms with Crippen LogP contribution in [0.1, 0.15) is 40.0 Å². The van der Waals surface area contributed by atoms with Gasteiger partial charge in [0, 0.05) is 8.80 Å². The molecule has 10 heavy (non-hydrogen) atoms. The average molecular weight is 157 g/mol. The number of hydrogen-bond acceptors (Lipinski definition) is 0. The minimum atomic E-state index is 0.103. The molecule has 0 saturated heterocycles. The van der Waals surface area contributed by atoms with Crippen molar-refractivity contribution in [1.82, 2.24) is 0 Å². The SMILES string of the molecule is CCC[Si](CCC)CCC. The van der Waals surface area contributed by atoms with Gasteiger partial charge in [-0.1, -0.05) is 58.2 Å². The maximum absolute atomic E-state index is 2.32. The van der Waals surface area contributed by atoms with E-state index < -0.39 is 0 Å². The summed E-state index contributed by atoms with van der Waals surface area (Å²) in [7, 11) is 0.103. The molecular weight excluding hydrogens is 136 g/mol. The van der Waals surface area contributed by atoms with Crippen LogP contribution in [-0.4, -0.2) is 8.80 Å². The van der Waals surface area contributed by atoms with Gasteiger partial charge in [-0.2, -0.15) is 0 Å². The van der Waals surface area contributed by atoms with Gasteiger partial charge in [0.2, 0.25) is 0 Å². The van der Waals surface area contributed by atoms with E-state index in [2.05, 4.69) is 20.8 Å². The molecule has 0 unspecified atom stereocenters. The van der Waals surface area contributed by atoms with Crippen molar-refractivity contribution in [1.29, 1.82) is 0 Å². The molecule has 0 heterocycles. The Morgan fingerprint density at radius 3 is 1.20 bits per heavy atom. The zero-order chi connectivity index (χ0) is 7.82. The van der Waals surface area contributed by atoms with E-state index >= 15 is 0 Å². The molecule has 0 aliphatic heterocycles. The van der Waals surface area contributed by atoms with E-state index in [-0.39, 0.29) is 8.80 Å². The summed E-state index contributed by atoms with van der Waals surface area (Å²) in [5.74, 6) is 0. The summed E-state index contributed by atoms with van der Waals surface area (Å²) in [5, 5.41) is 0. The second-order valence-corrected chi connectivity index (χ2v) is 6.00. The summed E-state index contributed by atoms with van der Waals surface area (Å²) in [5.41, 5.74) is 0. The molecule has 0 N–H and O–H groups in total. The lowest BCUT2D eigenvalue weighted by Gasteiger charge is -2.10. The van der Waals surface area contributed by atoms with Crippen LogP contribution in [-0.2, 0) is 0 Å². The lowest BCUT2D eigenvalue weighted by Crippen LogP contribution is -2.09. The Hall–Kier alpha value is 0.217. The van der Waals surface area contributed by atoms with Crippen LogP contribution >= 0.6 is 0 Å². The van der Waals surface area contributed by atoms with Crippen LogP contribution in [0.15, 0.2) is 0 Å². The van der Waals surface area contributed by atoms with E-state index in [1.54, 1.807) is 18.1 Å². The van der Waals surface area contributed by atoms with Crippen LogP contribution in [0.2, 0.25) is 18.1 Å². The lowest BCUT2D eigenvalue weighted by atomic mass is 10.6. The molecule has 0 aromatic heterocycles. The van der Waals surface area contributed by atoms with Gasteiger partial charge in [-0.05, 0) is 0 Å². The second-order valence-electron chi connectivity index (χ2n) is 3.00. The van der Waals surface area contributed by atoms with Crippen LogP contribution in [0.3, 0.4) is 0 Å². The summed E-state index contributed by atoms with van der Waals surface area (Å²) >= 11 is 0. The highest BCUT2D eigenvalue weighted by atomic mass is 28.3. The molecule has 0 aromatic rings. The van der Waals surface area contributed by atoms with E-state index in [9.17, 15) is 0 Å². The first kappa shape index (κ1) is 10.2. The van der Waals surface area contributed by atoms with Gasteiger partial charge in [0.15, 0.2) is 0 Å². The lowest BCUT2D eigenvalue weighted by molar-refractivity contribution is 0.957. The summed E-state index contributed by atoms with van der Waals surface area (Å²) in [4.78, 5) is 0. The van der Waals surface area contributed by atoms with Gasteiger partial charge in [-0.25, -0.2) is 0 Å². The van der Waals surface area contributed by atoms with Crippen LogP contribution < -0.4 is 0 Å². The molecule has 0 saturated carbocycles. The third-order valence-electron chi connectivity index (χ3n) is 1.81. The topological polar surface area (TPSA) is 0 Å². The van der Waals surface area contributed by atoms with Crippen LogP contribution in [0, 0.1) is 0 Å². The highest BCUT2D eigenvalue weighted by Gasteiger charge is 2.05. The number of rotatable bonds is 6. The van der Waals surface area contributed by atoms with E-state index in [1.807, 2.05) is 0 Å². The van der Waals surface area contributed by atoms with Gasteiger partial charge in [0.05, 0.1) is 0 Å². The molecule has 0 nitrogen and oxygen atoms in total. The van der Waals surface area contributed by atoms with E-state index in [1.165, 1.54) is 19.3 Å². The summed E-state index contributed by atoms with van der Waals surface area (Å²) in [6, 6.07) is 4.64. The first-order valence-corrected chi connectivity index (χ1v) is 6.80. The first-order valence-electron chi connectivity index (χ1n) is 4.68. The fraction of sp³-hybridized carbons (Fsp3) is 1.00. The fourth-order valence-electron chi connectivity index (χ4n) is 1.44. The van der Waals surface area contributed by atoms with Crippen molar-refractivity contribution in [2.45, 2.75) is 58.2 Å². The Balaban J connectivity index is 3.30. The zero-order valence-electron chi connectivity index (χ0n) is 7.74. The van der Waals surface area contributed by atoms with Crippen molar-refractivity contribution in [3.05, 3.63) is 0 Å². The molecule has 0 aliphatic carbocycles. The molecule has 0 aliphatic rings. The predicted octanol–water partition coefficient (Wildman–Crippen LogP) is 3.71. The van der Waals surface area contributed by atoms with Crippen LogP contribution in [0.4, 0.5) is 0 Å². The molecule has 0 fully saturated rings. The Morgan fingerprint density at radius 1 is 0.700 bits per heavy atom. The molecule has 1 radical (unpaired) electrons. The molecule has 0 rings (SSSR count). The van der Waals surface area contributed by atoms with Crippen molar-refractivity contribution < 1.29 is 0 Å². The Labute approximate surface area is 67.6 Å². The monoisotopic (exact) mass is 157 g/mol. The van der Waals surface area contributed by atoms with Gasteiger partial charge in [0.25, 0.3) is 0 Å². The van der Waals surface area contributed by atoms with Crippen LogP contribution in [0.25, 0.3) is 0 Å². The second kappa shape index (κ2) is 7.33. The minimum absolute atomic E-state index is 0.103.